The first-order valence-electron chi connectivity index (χ1n) is 12.0. The van der Waals surface area contributed by atoms with Gasteiger partial charge in [0.15, 0.2) is 5.16 Å². The van der Waals surface area contributed by atoms with Crippen molar-refractivity contribution in [3.8, 4) is 11.5 Å². The number of carbonyl (C=O) groups excluding carboxylic acids is 2. The average molecular weight is 523 g/mol. The molecule has 37 heavy (non-hydrogen) atoms. The second-order valence-electron chi connectivity index (χ2n) is 8.86. The van der Waals surface area contributed by atoms with Gasteiger partial charge < -0.3 is 19.7 Å². The molecule has 3 rings (SSSR count). The van der Waals surface area contributed by atoms with Gasteiger partial charge >= 0.3 is 0 Å². The summed E-state index contributed by atoms with van der Waals surface area (Å²) in [6.45, 7) is 7.76. The third-order valence-electron chi connectivity index (χ3n) is 6.21. The monoisotopic (exact) mass is 522 g/mol. The summed E-state index contributed by atoms with van der Waals surface area (Å²) in [6, 6.07) is 16.5. The van der Waals surface area contributed by atoms with E-state index >= 15 is 0 Å². The minimum absolute atomic E-state index is 0.102. The average Bonchev–Trinajstić information content (AvgIpc) is 2.90. The Morgan fingerprint density at radius 1 is 0.946 bits per heavy atom. The third kappa shape index (κ3) is 7.22. The largest absolute Gasteiger partial charge is 0.497 e. The van der Waals surface area contributed by atoms with Gasteiger partial charge in [0.2, 0.25) is 11.8 Å². The van der Waals surface area contributed by atoms with Crippen molar-refractivity contribution in [3.63, 3.8) is 0 Å². The van der Waals surface area contributed by atoms with Crippen LogP contribution >= 0.6 is 11.8 Å². The van der Waals surface area contributed by atoms with Crippen molar-refractivity contribution in [2.75, 3.05) is 25.3 Å². The number of carbonyl (C=O) groups is 2. The van der Waals surface area contributed by atoms with E-state index in [1.54, 1.807) is 50.3 Å². The zero-order valence-electron chi connectivity index (χ0n) is 22.2. The number of aryl methyl sites for hydroxylation is 2. The molecule has 3 aromatic rings. The molecule has 0 unspecified atom stereocenters. The Labute approximate surface area is 222 Å². The van der Waals surface area contributed by atoms with Crippen LogP contribution in [-0.4, -0.2) is 52.2 Å². The molecule has 0 fully saturated rings. The number of methoxy groups -OCH3 is 2. The van der Waals surface area contributed by atoms with Crippen LogP contribution in [0.5, 0.6) is 11.5 Å². The van der Waals surface area contributed by atoms with Gasteiger partial charge in [0, 0.05) is 23.6 Å². The molecule has 0 aliphatic heterocycles. The minimum atomic E-state index is -1.11. The third-order valence-corrected chi connectivity index (χ3v) is 7.04. The van der Waals surface area contributed by atoms with Crippen molar-refractivity contribution < 1.29 is 19.1 Å². The Kier molecular flexibility index (Phi) is 9.52. The van der Waals surface area contributed by atoms with E-state index in [0.717, 1.165) is 22.7 Å². The highest BCUT2D eigenvalue weighted by atomic mass is 32.2. The second kappa shape index (κ2) is 12.6. The first-order valence-corrected chi connectivity index (χ1v) is 13.0. The molecule has 1 N–H and O–H groups in total. The molecule has 1 atom stereocenters. The summed E-state index contributed by atoms with van der Waals surface area (Å²) in [4.78, 5) is 37.8. The normalized spacial score (nSPS) is 12.4. The van der Waals surface area contributed by atoms with Crippen molar-refractivity contribution in [2.24, 2.45) is 0 Å². The van der Waals surface area contributed by atoms with Crippen LogP contribution in [0.15, 0.2) is 59.8 Å². The first-order chi connectivity index (χ1) is 17.7. The smallest absolute Gasteiger partial charge is 0.250 e. The molecule has 8 nitrogen and oxygen atoms in total. The number of amides is 2. The Bertz CT molecular complexity index is 1200. The predicted octanol–water partition coefficient (Wildman–Crippen LogP) is 5.04. The highest BCUT2D eigenvalue weighted by molar-refractivity contribution is 7.99. The lowest BCUT2D eigenvalue weighted by atomic mass is 9.93. The van der Waals surface area contributed by atoms with Gasteiger partial charge in [0.05, 0.1) is 20.0 Å². The van der Waals surface area contributed by atoms with E-state index in [1.807, 2.05) is 51.1 Å². The molecule has 0 saturated carbocycles. The zero-order chi connectivity index (χ0) is 27.0. The lowest BCUT2D eigenvalue weighted by molar-refractivity contribution is -0.143. The predicted molar refractivity (Wildman–Crippen MR) is 146 cm³/mol. The van der Waals surface area contributed by atoms with Gasteiger partial charge in [-0.25, -0.2) is 9.97 Å². The van der Waals surface area contributed by atoms with Crippen LogP contribution in [0.1, 0.15) is 37.2 Å². The van der Waals surface area contributed by atoms with Crippen molar-refractivity contribution in [1.82, 2.24) is 14.9 Å². The molecule has 1 heterocycles. The molecular weight excluding hydrogens is 488 g/mol. The van der Waals surface area contributed by atoms with E-state index in [2.05, 4.69) is 15.3 Å². The molecule has 0 radical (unpaired) electrons. The van der Waals surface area contributed by atoms with E-state index in [0.29, 0.717) is 23.0 Å². The fraction of sp³-hybridized carbons (Fsp3) is 0.357. The molecule has 0 saturated heterocycles. The standard InChI is InChI=1S/C28H34N4O4S/c1-7-28(4,26(34)31-22-10-14-24(36-6)15-11-22)32(17-21-8-12-23(35-5)13-9-21)25(33)18-37-27-29-19(2)16-20(3)30-27/h8-16H,7,17-18H2,1-6H3,(H,31,34)/t28-/m0/s1. The molecule has 2 amide bonds. The topological polar surface area (TPSA) is 93.7 Å². The highest BCUT2D eigenvalue weighted by Crippen LogP contribution is 2.28. The van der Waals surface area contributed by atoms with Crippen LogP contribution in [0.3, 0.4) is 0 Å². The molecular formula is C28H34N4O4S. The van der Waals surface area contributed by atoms with Gasteiger partial charge in [-0.2, -0.15) is 0 Å². The van der Waals surface area contributed by atoms with Gasteiger partial charge in [-0.15, -0.1) is 0 Å². The highest BCUT2D eigenvalue weighted by Gasteiger charge is 2.40. The second-order valence-corrected chi connectivity index (χ2v) is 9.80. The maximum absolute atomic E-state index is 13.7. The molecule has 9 heteroatoms. The van der Waals surface area contributed by atoms with Crippen molar-refractivity contribution >= 4 is 29.3 Å². The van der Waals surface area contributed by atoms with Crippen molar-refractivity contribution in [1.29, 1.82) is 0 Å². The number of thioether (sulfide) groups is 1. The number of anilines is 1. The summed E-state index contributed by atoms with van der Waals surface area (Å²) >= 11 is 1.27. The number of nitrogens with zero attached hydrogens (tertiary/aromatic N) is 3. The van der Waals surface area contributed by atoms with Gasteiger partial charge in [-0.05, 0) is 75.2 Å². The zero-order valence-corrected chi connectivity index (χ0v) is 23.0. The molecule has 0 bridgehead atoms. The summed E-state index contributed by atoms with van der Waals surface area (Å²) in [5.41, 5.74) is 2.09. The molecule has 0 aliphatic rings. The Balaban J connectivity index is 1.88. The summed E-state index contributed by atoms with van der Waals surface area (Å²) in [5, 5.41) is 3.51. The lowest BCUT2D eigenvalue weighted by Gasteiger charge is -2.39. The maximum Gasteiger partial charge on any atom is 0.250 e. The molecule has 0 aliphatic carbocycles. The lowest BCUT2D eigenvalue weighted by Crippen LogP contribution is -2.57. The van der Waals surface area contributed by atoms with Crippen LogP contribution < -0.4 is 14.8 Å². The summed E-state index contributed by atoms with van der Waals surface area (Å²) in [5.74, 6) is 1.06. The van der Waals surface area contributed by atoms with Gasteiger partial charge in [-0.3, -0.25) is 9.59 Å². The maximum atomic E-state index is 13.7. The van der Waals surface area contributed by atoms with E-state index in [-0.39, 0.29) is 24.1 Å². The van der Waals surface area contributed by atoms with E-state index < -0.39 is 5.54 Å². The van der Waals surface area contributed by atoms with Crippen LogP contribution in [0.2, 0.25) is 0 Å². The van der Waals surface area contributed by atoms with Gasteiger partial charge in [-0.1, -0.05) is 30.8 Å². The van der Waals surface area contributed by atoms with Gasteiger partial charge in [0.1, 0.15) is 17.0 Å². The van der Waals surface area contributed by atoms with Crippen molar-refractivity contribution in [3.05, 3.63) is 71.5 Å². The summed E-state index contributed by atoms with van der Waals surface area (Å²) < 4.78 is 10.5. The number of ether oxygens (including phenoxy) is 2. The fourth-order valence-electron chi connectivity index (χ4n) is 3.83. The summed E-state index contributed by atoms with van der Waals surface area (Å²) in [7, 11) is 3.19. The number of aromatic nitrogens is 2. The van der Waals surface area contributed by atoms with Crippen LogP contribution in [0.4, 0.5) is 5.69 Å². The van der Waals surface area contributed by atoms with Crippen LogP contribution in [-0.2, 0) is 16.1 Å². The van der Waals surface area contributed by atoms with Crippen molar-refractivity contribution in [2.45, 2.75) is 51.4 Å². The Morgan fingerprint density at radius 3 is 2.00 bits per heavy atom. The molecule has 1 aromatic heterocycles. The van der Waals surface area contributed by atoms with Crippen LogP contribution in [0.25, 0.3) is 0 Å². The summed E-state index contributed by atoms with van der Waals surface area (Å²) in [6.07, 6.45) is 0.418. The first kappa shape index (κ1) is 28.0. The number of rotatable bonds is 11. The van der Waals surface area contributed by atoms with E-state index in [1.165, 1.54) is 11.8 Å². The van der Waals surface area contributed by atoms with Gasteiger partial charge in [0.25, 0.3) is 0 Å². The minimum Gasteiger partial charge on any atom is -0.497 e. The molecule has 2 aromatic carbocycles. The number of benzene rings is 2. The van der Waals surface area contributed by atoms with E-state index in [9.17, 15) is 9.59 Å². The fourth-order valence-corrected chi connectivity index (χ4v) is 4.65. The number of hydrogen-bond donors (Lipinski definition) is 1. The number of nitrogens with one attached hydrogen (secondary N) is 1. The van der Waals surface area contributed by atoms with E-state index in [4.69, 9.17) is 9.47 Å². The van der Waals surface area contributed by atoms with Crippen LogP contribution in [0, 0.1) is 13.8 Å². The SMILES string of the molecule is CC[C@@](C)(C(=O)Nc1ccc(OC)cc1)N(Cc1ccc(OC)cc1)C(=O)CSc1nc(C)cc(C)n1. The molecule has 196 valence electrons. The number of hydrogen-bond acceptors (Lipinski definition) is 7. The molecule has 0 spiro atoms. The quantitative estimate of drug-likeness (QED) is 0.279. The Hall–Kier alpha value is -3.59. The Morgan fingerprint density at radius 2 is 1.49 bits per heavy atom.